The van der Waals surface area contributed by atoms with Crippen LogP contribution in [0.15, 0.2) is 0 Å². The van der Waals surface area contributed by atoms with Crippen LogP contribution >= 0.6 is 18.6 Å². The minimum absolute atomic E-state index is 0.236. The van der Waals surface area contributed by atoms with Gasteiger partial charge in [-0.25, -0.2) is 0 Å². The first-order valence-electron chi connectivity index (χ1n) is 5.77. The first-order valence-corrected chi connectivity index (χ1v) is 10.1. The normalized spacial score (nSPS) is 12.7. The molecule has 0 radical (unpaired) electrons. The van der Waals surface area contributed by atoms with Gasteiger partial charge in [0.25, 0.3) is 0 Å². The van der Waals surface area contributed by atoms with Crippen molar-refractivity contribution in [2.75, 3.05) is 6.61 Å². The Morgan fingerprint density at radius 3 is 1.69 bits per heavy atom. The van der Waals surface area contributed by atoms with Crippen LogP contribution in [0.1, 0.15) is 48.0 Å². The van der Waals surface area contributed by atoms with Crippen LogP contribution < -0.4 is 0 Å². The monoisotopic (exact) mass is 305 g/mol. The molecule has 1 atom stereocenters. The van der Waals surface area contributed by atoms with E-state index in [-0.39, 0.29) is 6.23 Å². The molecule has 0 saturated carbocycles. The van der Waals surface area contributed by atoms with E-state index in [9.17, 15) is 0 Å². The fraction of sp³-hybridized carbons (Fsp3) is 1.00. The summed E-state index contributed by atoms with van der Waals surface area (Å²) in [5.41, 5.74) is 0. The van der Waals surface area contributed by atoms with Crippen LogP contribution in [-0.4, -0.2) is 29.8 Å². The molecule has 0 N–H and O–H groups in total. The van der Waals surface area contributed by atoms with Crippen molar-refractivity contribution in [1.82, 2.24) is 4.90 Å². The van der Waals surface area contributed by atoms with Crippen molar-refractivity contribution in [1.29, 1.82) is 0 Å². The number of rotatable bonds is 6. The molecule has 0 aromatic rings. The first kappa shape index (κ1) is 19.6. The van der Waals surface area contributed by atoms with E-state index in [0.717, 1.165) is 13.0 Å². The van der Waals surface area contributed by atoms with Gasteiger partial charge in [-0.2, -0.15) is 0 Å². The molecule has 5 heteroatoms. The van der Waals surface area contributed by atoms with Gasteiger partial charge in [0, 0.05) is 18.7 Å². The Balaban J connectivity index is 0. The van der Waals surface area contributed by atoms with Gasteiger partial charge in [0.15, 0.2) is 0 Å². The quantitative estimate of drug-likeness (QED) is 0.537. The Bertz CT molecular complexity index is 140. The SMILES string of the molecule is CCCOC(C)N(C(C)C)C(C)C.[Cl][Ti][Cl]. The third-order valence-corrected chi connectivity index (χ3v) is 2.18. The molecule has 0 amide bonds. The third-order valence-electron chi connectivity index (χ3n) is 2.18. The molecule has 0 bridgehead atoms. The van der Waals surface area contributed by atoms with Crippen molar-refractivity contribution in [2.24, 2.45) is 0 Å². The summed E-state index contributed by atoms with van der Waals surface area (Å²) in [5.74, 6) is 0. The summed E-state index contributed by atoms with van der Waals surface area (Å²) in [6, 6.07) is 1.10. The van der Waals surface area contributed by atoms with Gasteiger partial charge < -0.3 is 4.74 Å². The molecular formula is C11H25Cl2NOTi. The molecule has 0 saturated heterocycles. The molecule has 0 aliphatic carbocycles. The molecule has 2 nitrogen and oxygen atoms in total. The van der Waals surface area contributed by atoms with Crippen molar-refractivity contribution in [2.45, 2.75) is 66.3 Å². The van der Waals surface area contributed by atoms with Crippen molar-refractivity contribution >= 4 is 18.6 Å². The molecule has 0 heterocycles. The van der Waals surface area contributed by atoms with Gasteiger partial charge in [0.05, 0.1) is 0 Å². The van der Waals surface area contributed by atoms with Gasteiger partial charge in [-0.1, -0.05) is 6.92 Å². The van der Waals surface area contributed by atoms with E-state index in [0.29, 0.717) is 12.1 Å². The molecule has 98 valence electrons. The second kappa shape index (κ2) is 12.7. The maximum absolute atomic E-state index is 5.70. The summed E-state index contributed by atoms with van der Waals surface area (Å²) in [6.45, 7) is 14.0. The number of ether oxygens (including phenoxy) is 1. The predicted octanol–water partition coefficient (Wildman–Crippen LogP) is 4.25. The molecule has 0 aromatic heterocycles. The van der Waals surface area contributed by atoms with E-state index in [1.165, 1.54) is 0 Å². The van der Waals surface area contributed by atoms with E-state index in [1.54, 1.807) is 0 Å². The van der Waals surface area contributed by atoms with E-state index < -0.39 is 17.0 Å². The van der Waals surface area contributed by atoms with Crippen LogP contribution in [0.25, 0.3) is 0 Å². The zero-order chi connectivity index (χ0) is 13.1. The summed E-state index contributed by atoms with van der Waals surface area (Å²) in [5, 5.41) is 0. The molecule has 0 rings (SSSR count). The van der Waals surface area contributed by atoms with Crippen LogP contribution in [0.4, 0.5) is 0 Å². The molecule has 0 aliphatic rings. The van der Waals surface area contributed by atoms with Gasteiger partial charge >= 0.3 is 35.6 Å². The molecule has 0 aliphatic heterocycles. The zero-order valence-electron chi connectivity index (χ0n) is 11.3. The summed E-state index contributed by atoms with van der Waals surface area (Å²) in [4.78, 5) is 2.38. The number of hydrogen-bond acceptors (Lipinski definition) is 2. The Kier molecular flexibility index (Phi) is 15.5. The molecule has 16 heavy (non-hydrogen) atoms. The average molecular weight is 306 g/mol. The van der Waals surface area contributed by atoms with Gasteiger partial charge in [0.1, 0.15) is 6.23 Å². The summed E-state index contributed by atoms with van der Waals surface area (Å²) >= 11 is -0.556. The first-order chi connectivity index (χ1) is 7.42. The predicted molar refractivity (Wildman–Crippen MR) is 69.5 cm³/mol. The van der Waals surface area contributed by atoms with E-state index in [4.69, 9.17) is 23.3 Å². The molecule has 0 aromatic carbocycles. The van der Waals surface area contributed by atoms with Crippen molar-refractivity contribution in [3.05, 3.63) is 0 Å². The summed E-state index contributed by atoms with van der Waals surface area (Å²) in [6.07, 6.45) is 1.33. The van der Waals surface area contributed by atoms with E-state index in [1.807, 2.05) is 0 Å². The van der Waals surface area contributed by atoms with Gasteiger partial charge in [0.2, 0.25) is 0 Å². The second-order valence-corrected chi connectivity index (χ2v) is 6.76. The van der Waals surface area contributed by atoms with Crippen molar-refractivity contribution < 1.29 is 21.8 Å². The zero-order valence-corrected chi connectivity index (χ0v) is 14.3. The Morgan fingerprint density at radius 1 is 1.06 bits per heavy atom. The topological polar surface area (TPSA) is 12.5 Å². The summed E-state index contributed by atoms with van der Waals surface area (Å²) < 4.78 is 5.70. The van der Waals surface area contributed by atoms with Crippen LogP contribution in [0.5, 0.6) is 0 Å². The van der Waals surface area contributed by atoms with Crippen molar-refractivity contribution in [3.63, 3.8) is 0 Å². The minimum atomic E-state index is -0.556. The van der Waals surface area contributed by atoms with Gasteiger partial charge in [-0.15, -0.1) is 0 Å². The Hall–Kier alpha value is 1.21. The second-order valence-electron chi connectivity index (χ2n) is 4.18. The van der Waals surface area contributed by atoms with Crippen LogP contribution in [0, 0.1) is 0 Å². The summed E-state index contributed by atoms with van der Waals surface area (Å²) in [7, 11) is 9.78. The standard InChI is InChI=1S/C11H25NO.2ClH.Ti/c1-7-8-13-11(6)12(9(2)3)10(4)5;;;/h9-11H,7-8H2,1-6H3;2*1H;/q;;;+2/p-2. The average Bonchev–Trinajstić information content (AvgIpc) is 2.14. The number of hydrogen-bond donors (Lipinski definition) is 0. The fourth-order valence-corrected chi connectivity index (χ4v) is 1.81. The fourth-order valence-electron chi connectivity index (χ4n) is 1.81. The maximum atomic E-state index is 5.70. The molecule has 0 spiro atoms. The van der Waals surface area contributed by atoms with E-state index >= 15 is 0 Å². The van der Waals surface area contributed by atoms with Crippen LogP contribution in [0.3, 0.4) is 0 Å². The van der Waals surface area contributed by atoms with E-state index in [2.05, 4.69) is 46.4 Å². The van der Waals surface area contributed by atoms with Gasteiger partial charge in [-0.3, -0.25) is 4.90 Å². The Morgan fingerprint density at radius 2 is 1.44 bits per heavy atom. The number of nitrogens with zero attached hydrogens (tertiary/aromatic N) is 1. The third kappa shape index (κ3) is 10.4. The molecule has 1 unspecified atom stereocenters. The van der Waals surface area contributed by atoms with Crippen molar-refractivity contribution in [3.8, 4) is 0 Å². The van der Waals surface area contributed by atoms with Gasteiger partial charge in [-0.05, 0) is 41.0 Å². The van der Waals surface area contributed by atoms with Crippen LogP contribution in [-0.2, 0) is 21.8 Å². The molecular weight excluding hydrogens is 281 g/mol. The van der Waals surface area contributed by atoms with Crippen LogP contribution in [0.2, 0.25) is 0 Å². The Labute approximate surface area is 118 Å². The number of halogens is 2. The molecule has 0 fully saturated rings.